The average Bonchev–Trinajstić information content (AvgIpc) is 3.95. The topological polar surface area (TPSA) is 65.0 Å². The second-order valence-corrected chi connectivity index (χ2v) is 12.9. The van der Waals surface area contributed by atoms with E-state index in [-0.39, 0.29) is 17.0 Å². The number of hydrogen-bond donors (Lipinski definition) is 0. The van der Waals surface area contributed by atoms with E-state index in [1.807, 2.05) is 72.8 Å². The van der Waals surface area contributed by atoms with Crippen LogP contribution in [0.2, 0.25) is 0 Å². The molecule has 0 aliphatic heterocycles. The Bertz CT molecular complexity index is 4020. The number of furan rings is 2. The van der Waals surface area contributed by atoms with Gasteiger partial charge in [0.2, 0.25) is 0 Å². The fourth-order valence-corrected chi connectivity index (χ4v) is 7.09. The molecule has 0 fully saturated rings. The molecule has 0 spiro atoms. The van der Waals surface area contributed by atoms with E-state index < -0.39 is 118 Å². The van der Waals surface area contributed by atoms with Crippen LogP contribution >= 0.6 is 0 Å². The predicted octanol–water partition coefficient (Wildman–Crippen LogP) is 13.7. The molecular weight excluding hydrogens is 687 g/mol. The van der Waals surface area contributed by atoms with Crippen LogP contribution in [0.25, 0.3) is 111 Å². The third-order valence-corrected chi connectivity index (χ3v) is 9.62. The average molecular weight is 732 g/mol. The summed E-state index contributed by atoms with van der Waals surface area (Å²) in [6.07, 6.45) is 0. The van der Waals surface area contributed by atoms with Gasteiger partial charge in [0.25, 0.3) is 0 Å². The molecular formula is C51H31N3O2. The fourth-order valence-electron chi connectivity index (χ4n) is 7.09. The maximum Gasteiger partial charge on any atom is 0.167 e. The molecule has 0 saturated heterocycles. The lowest BCUT2D eigenvalue weighted by molar-refractivity contribution is 0.668. The summed E-state index contributed by atoms with van der Waals surface area (Å²) in [6.45, 7) is 0. The highest BCUT2D eigenvalue weighted by Gasteiger charge is 2.21. The largest absolute Gasteiger partial charge is 0.455 e. The minimum atomic E-state index is -0.788. The molecule has 0 radical (unpaired) electrons. The van der Waals surface area contributed by atoms with Gasteiger partial charge in [-0.25, -0.2) is 15.0 Å². The molecule has 3 heterocycles. The summed E-state index contributed by atoms with van der Waals surface area (Å²) >= 11 is 0. The van der Waals surface area contributed by atoms with Crippen LogP contribution in [0.4, 0.5) is 0 Å². The van der Waals surface area contributed by atoms with Gasteiger partial charge in [-0.2, -0.15) is 0 Å². The highest BCUT2D eigenvalue weighted by Crippen LogP contribution is 2.43. The smallest absolute Gasteiger partial charge is 0.167 e. The fraction of sp³-hybridized carbons (Fsp3) is 0. The normalized spacial score (nSPS) is 15.1. The zero-order valence-electron chi connectivity index (χ0n) is 43.0. The Morgan fingerprint density at radius 2 is 1.04 bits per heavy atom. The Morgan fingerprint density at radius 1 is 0.375 bits per heavy atom. The van der Waals surface area contributed by atoms with Crippen LogP contribution < -0.4 is 0 Å². The molecule has 11 rings (SSSR count). The van der Waals surface area contributed by atoms with Crippen molar-refractivity contribution in [3.05, 3.63) is 188 Å². The number of para-hydroxylation sites is 2. The van der Waals surface area contributed by atoms with Gasteiger partial charge in [0, 0.05) is 38.2 Å². The molecule has 0 aliphatic carbocycles. The number of rotatable bonds is 6. The first-order valence-corrected chi connectivity index (χ1v) is 17.5. The summed E-state index contributed by atoms with van der Waals surface area (Å²) in [5, 5.41) is 3.24. The van der Waals surface area contributed by atoms with E-state index in [0.717, 1.165) is 38.6 Å². The summed E-state index contributed by atoms with van der Waals surface area (Å²) in [5.41, 5.74) is 3.92. The number of nitrogens with zero attached hydrogens (tertiary/aromatic N) is 3. The van der Waals surface area contributed by atoms with E-state index in [1.54, 1.807) is 12.1 Å². The van der Waals surface area contributed by atoms with Crippen molar-refractivity contribution >= 4 is 43.9 Å². The van der Waals surface area contributed by atoms with E-state index >= 15 is 0 Å². The Labute approximate surface area is 341 Å². The van der Waals surface area contributed by atoms with Gasteiger partial charge in [-0.15, -0.1) is 0 Å². The van der Waals surface area contributed by atoms with Crippen LogP contribution in [0.3, 0.4) is 0 Å². The molecule has 11 aromatic rings. The number of benzene rings is 8. The van der Waals surface area contributed by atoms with Crippen molar-refractivity contribution in [2.24, 2.45) is 0 Å². The molecule has 262 valence electrons. The highest BCUT2D eigenvalue weighted by molar-refractivity contribution is 6.17. The van der Waals surface area contributed by atoms with Crippen LogP contribution in [-0.4, -0.2) is 15.0 Å². The summed E-state index contributed by atoms with van der Waals surface area (Å²) in [6, 6.07) is 22.7. The molecule has 0 saturated carbocycles. The lowest BCUT2D eigenvalue weighted by Crippen LogP contribution is -2.00. The van der Waals surface area contributed by atoms with E-state index in [0.29, 0.717) is 21.9 Å². The summed E-state index contributed by atoms with van der Waals surface area (Å²) in [4.78, 5) is 13.8. The second kappa shape index (κ2) is 13.0. The van der Waals surface area contributed by atoms with Gasteiger partial charge in [-0.3, -0.25) is 0 Å². The van der Waals surface area contributed by atoms with E-state index in [2.05, 4.69) is 33.2 Å². The molecule has 3 aromatic heterocycles. The van der Waals surface area contributed by atoms with Gasteiger partial charge in [-0.05, 0) is 64.2 Å². The Hall–Kier alpha value is -7.63. The third kappa shape index (κ3) is 5.37. The Kier molecular flexibility index (Phi) is 4.83. The van der Waals surface area contributed by atoms with Crippen LogP contribution in [0, 0.1) is 0 Å². The zero-order chi connectivity index (χ0) is 49.2. The predicted molar refractivity (Wildman–Crippen MR) is 227 cm³/mol. The number of aromatic nitrogens is 3. The van der Waals surface area contributed by atoms with Gasteiger partial charge >= 0.3 is 0 Å². The standard InChI is InChI=1S/C51H31N3O2/c1-4-14-32(15-5-1)35-20-12-21-37(30-35)50-52-49(34-18-8-3-9-19-34)53-51(54-50)43-24-13-23-41-40-27-26-36(31-45(40)56-47(41)43)39-29-28-38(33-16-6-2-7-17-33)46-42-22-10-11-25-44(42)55-48(39)46/h1-31H/i1D,3D,4D,5D,8D,9D,12D,14D,15D,18D,19D,20D,21D,30D. The van der Waals surface area contributed by atoms with Crippen LogP contribution in [-0.2, 0) is 0 Å². The number of hydrogen-bond acceptors (Lipinski definition) is 5. The summed E-state index contributed by atoms with van der Waals surface area (Å²) in [7, 11) is 0. The third-order valence-electron chi connectivity index (χ3n) is 9.62. The van der Waals surface area contributed by atoms with Crippen molar-refractivity contribution in [2.45, 2.75) is 0 Å². The molecule has 0 atom stereocenters. The van der Waals surface area contributed by atoms with Crippen LogP contribution in [0.5, 0.6) is 0 Å². The maximum atomic E-state index is 9.41. The minimum Gasteiger partial charge on any atom is -0.455 e. The van der Waals surface area contributed by atoms with Crippen molar-refractivity contribution in [2.75, 3.05) is 0 Å². The van der Waals surface area contributed by atoms with Crippen molar-refractivity contribution in [3.8, 4) is 67.5 Å². The van der Waals surface area contributed by atoms with Crippen molar-refractivity contribution in [1.82, 2.24) is 15.0 Å². The molecule has 5 nitrogen and oxygen atoms in total. The number of fused-ring (bicyclic) bond motifs is 6. The molecule has 0 unspecified atom stereocenters. The monoisotopic (exact) mass is 731 g/mol. The quantitative estimate of drug-likeness (QED) is 0.170. The lowest BCUT2D eigenvalue weighted by atomic mass is 9.94. The molecule has 0 aliphatic rings. The molecule has 8 aromatic carbocycles. The Balaban J connectivity index is 1.15. The van der Waals surface area contributed by atoms with E-state index in [1.165, 1.54) is 0 Å². The van der Waals surface area contributed by atoms with Gasteiger partial charge in [0.15, 0.2) is 17.5 Å². The molecule has 0 amide bonds. The van der Waals surface area contributed by atoms with Gasteiger partial charge in [0.05, 0.1) is 24.8 Å². The maximum absolute atomic E-state index is 9.41. The SMILES string of the molecule is [2H]c1c([2H])c([2H])c(-c2nc(-c3c([2H])c([2H])c([2H])c(-c4c([2H])c([2H])c([2H])c([2H])c4[2H])c3[2H])nc(-c3cccc4c3oc3cc(-c5ccc(-c6ccccc6)c6c5oc5ccccc56)ccc34)n2)c([2H])c1[2H]. The van der Waals surface area contributed by atoms with Gasteiger partial charge in [-0.1, -0.05) is 151 Å². The minimum absolute atomic E-state index is 0.193. The first-order chi connectivity index (χ1) is 33.6. The highest BCUT2D eigenvalue weighted by atomic mass is 16.3. The molecule has 0 bridgehead atoms. The summed E-state index contributed by atoms with van der Waals surface area (Å²) < 4.78 is 134. The summed E-state index contributed by atoms with van der Waals surface area (Å²) in [5.74, 6) is -1.17. The van der Waals surface area contributed by atoms with E-state index in [4.69, 9.17) is 26.7 Å². The lowest BCUT2D eigenvalue weighted by Gasteiger charge is -2.10. The molecule has 0 N–H and O–H groups in total. The van der Waals surface area contributed by atoms with Crippen molar-refractivity contribution in [1.29, 1.82) is 0 Å². The first kappa shape index (κ1) is 20.7. The zero-order valence-corrected chi connectivity index (χ0v) is 29.0. The Morgan fingerprint density at radius 3 is 1.88 bits per heavy atom. The molecule has 56 heavy (non-hydrogen) atoms. The van der Waals surface area contributed by atoms with E-state index in [9.17, 15) is 1.37 Å². The molecule has 5 heteroatoms. The van der Waals surface area contributed by atoms with Crippen molar-refractivity contribution < 1.29 is 28.0 Å². The van der Waals surface area contributed by atoms with Crippen LogP contribution in [0.1, 0.15) is 19.2 Å². The van der Waals surface area contributed by atoms with Crippen molar-refractivity contribution in [3.63, 3.8) is 0 Å². The van der Waals surface area contributed by atoms with Crippen LogP contribution in [0.15, 0.2) is 197 Å². The first-order valence-electron chi connectivity index (χ1n) is 24.5. The van der Waals surface area contributed by atoms with Gasteiger partial charge in [0.1, 0.15) is 22.3 Å². The second-order valence-electron chi connectivity index (χ2n) is 12.9. The van der Waals surface area contributed by atoms with Gasteiger partial charge < -0.3 is 8.83 Å².